The number of fused-ring (bicyclic) bond motifs is 1. The lowest BCUT2D eigenvalue weighted by Crippen LogP contribution is -2.50. The van der Waals surface area contributed by atoms with Crippen LogP contribution in [0.15, 0.2) is 18.2 Å². The highest BCUT2D eigenvalue weighted by molar-refractivity contribution is 5.86. The highest BCUT2D eigenvalue weighted by Crippen LogP contribution is 2.26. The number of hydrogen-bond donors (Lipinski definition) is 0. The van der Waals surface area contributed by atoms with Gasteiger partial charge in [0.1, 0.15) is 11.8 Å². The number of esters is 2. The van der Waals surface area contributed by atoms with Crippen molar-refractivity contribution >= 4 is 17.8 Å². The van der Waals surface area contributed by atoms with Crippen LogP contribution in [0.5, 0.6) is 5.75 Å². The van der Waals surface area contributed by atoms with Gasteiger partial charge in [-0.2, -0.15) is 0 Å². The van der Waals surface area contributed by atoms with E-state index in [2.05, 4.69) is 0 Å². The Morgan fingerprint density at radius 2 is 1.86 bits per heavy atom. The second-order valence-electron chi connectivity index (χ2n) is 7.08. The second kappa shape index (κ2) is 9.57. The summed E-state index contributed by atoms with van der Waals surface area (Å²) in [5.41, 5.74) is 2.59. The predicted molar refractivity (Wildman–Crippen MR) is 101 cm³/mol. The fourth-order valence-corrected chi connectivity index (χ4v) is 3.76. The van der Waals surface area contributed by atoms with E-state index in [1.807, 2.05) is 18.2 Å². The molecule has 0 saturated carbocycles. The molecular formula is C21H27NO6. The van der Waals surface area contributed by atoms with Crippen LogP contribution in [0.25, 0.3) is 0 Å². The number of piperidine rings is 1. The van der Waals surface area contributed by atoms with Crippen LogP contribution in [0.3, 0.4) is 0 Å². The zero-order valence-corrected chi connectivity index (χ0v) is 16.3. The molecule has 0 bridgehead atoms. The molecule has 0 N–H and O–H groups in total. The van der Waals surface area contributed by atoms with Crippen LogP contribution in [0.2, 0.25) is 0 Å². The molecule has 1 unspecified atom stereocenters. The number of likely N-dealkylation sites (tertiary alicyclic amines) is 1. The van der Waals surface area contributed by atoms with E-state index >= 15 is 0 Å². The summed E-state index contributed by atoms with van der Waals surface area (Å²) >= 11 is 0. The minimum atomic E-state index is -0.612. The summed E-state index contributed by atoms with van der Waals surface area (Å²) in [7, 11) is 0. The fraction of sp³-hybridized carbons (Fsp3) is 0.571. The number of ether oxygens (including phenoxy) is 3. The number of carbonyl (C=O) groups is 3. The molecular weight excluding hydrogens is 362 g/mol. The van der Waals surface area contributed by atoms with Gasteiger partial charge in [-0.25, -0.2) is 9.59 Å². The Labute approximate surface area is 164 Å². The van der Waals surface area contributed by atoms with E-state index in [-0.39, 0.29) is 19.1 Å². The number of aryl methyl sites for hydroxylation is 2. The Kier molecular flexibility index (Phi) is 6.90. The molecule has 1 saturated heterocycles. The molecule has 3 rings (SSSR count). The van der Waals surface area contributed by atoms with E-state index in [1.54, 1.807) is 6.92 Å². The number of nitrogens with zero attached hydrogens (tertiary/aromatic N) is 1. The highest BCUT2D eigenvalue weighted by Gasteiger charge is 2.33. The van der Waals surface area contributed by atoms with Crippen molar-refractivity contribution < 1.29 is 28.6 Å². The third-order valence-electron chi connectivity index (χ3n) is 5.17. The maximum atomic E-state index is 12.4. The first-order chi connectivity index (χ1) is 13.6. The molecule has 7 heteroatoms. The Morgan fingerprint density at radius 3 is 2.68 bits per heavy atom. The Morgan fingerprint density at radius 1 is 1.04 bits per heavy atom. The summed E-state index contributed by atoms with van der Waals surface area (Å²) in [5, 5.41) is 0. The fourth-order valence-electron chi connectivity index (χ4n) is 3.76. The van der Waals surface area contributed by atoms with Crippen molar-refractivity contribution in [2.45, 2.75) is 51.5 Å². The van der Waals surface area contributed by atoms with E-state index in [1.165, 1.54) is 16.0 Å². The average molecular weight is 389 g/mol. The molecule has 1 atom stereocenters. The smallest absolute Gasteiger partial charge is 0.344 e. The van der Waals surface area contributed by atoms with Crippen molar-refractivity contribution in [3.8, 4) is 5.75 Å². The average Bonchev–Trinajstić information content (AvgIpc) is 3.18. The Balaban J connectivity index is 1.45. The maximum Gasteiger partial charge on any atom is 0.344 e. The number of rotatable bonds is 7. The third kappa shape index (κ3) is 5.03. The minimum absolute atomic E-state index is 0.257. The summed E-state index contributed by atoms with van der Waals surface area (Å²) in [6, 6.07) is 5.24. The molecule has 1 aromatic rings. The summed E-state index contributed by atoms with van der Waals surface area (Å²) < 4.78 is 15.6. The van der Waals surface area contributed by atoms with Gasteiger partial charge < -0.3 is 19.1 Å². The summed E-state index contributed by atoms with van der Waals surface area (Å²) in [6.45, 7) is 1.81. The molecule has 2 aliphatic rings. The van der Waals surface area contributed by atoms with Gasteiger partial charge in [-0.05, 0) is 68.7 Å². The molecule has 1 aromatic carbocycles. The van der Waals surface area contributed by atoms with E-state index < -0.39 is 24.6 Å². The standard InChI is InChI=1S/C21H27NO6/c1-2-26-21(25)18-8-3-4-11-22(18)19(23)13-28-20(24)14-27-17-10-9-15-6-5-7-16(15)12-17/h9-10,12,18H,2-8,11,13-14H2,1H3. The van der Waals surface area contributed by atoms with Gasteiger partial charge in [0, 0.05) is 6.54 Å². The van der Waals surface area contributed by atoms with Crippen LogP contribution in [0, 0.1) is 0 Å². The molecule has 1 aliphatic heterocycles. The van der Waals surface area contributed by atoms with E-state index in [4.69, 9.17) is 14.2 Å². The van der Waals surface area contributed by atoms with Crippen molar-refractivity contribution in [1.82, 2.24) is 4.90 Å². The normalized spacial score (nSPS) is 18.3. The van der Waals surface area contributed by atoms with Gasteiger partial charge in [0.25, 0.3) is 5.91 Å². The van der Waals surface area contributed by atoms with Gasteiger partial charge in [-0.1, -0.05) is 6.07 Å². The van der Waals surface area contributed by atoms with Crippen LogP contribution < -0.4 is 4.74 Å². The van der Waals surface area contributed by atoms with Gasteiger partial charge in [0.2, 0.25) is 0 Å². The Hall–Kier alpha value is -2.57. The van der Waals surface area contributed by atoms with Crippen molar-refractivity contribution in [2.24, 2.45) is 0 Å². The largest absolute Gasteiger partial charge is 0.482 e. The zero-order chi connectivity index (χ0) is 19.9. The van der Waals surface area contributed by atoms with Gasteiger partial charge in [-0.3, -0.25) is 4.79 Å². The summed E-state index contributed by atoms with van der Waals surface area (Å²) in [6.07, 6.45) is 5.51. The van der Waals surface area contributed by atoms with Crippen molar-refractivity contribution in [2.75, 3.05) is 26.4 Å². The molecule has 1 fully saturated rings. The van der Waals surface area contributed by atoms with Crippen molar-refractivity contribution in [3.05, 3.63) is 29.3 Å². The van der Waals surface area contributed by atoms with E-state index in [9.17, 15) is 14.4 Å². The predicted octanol–water partition coefficient (Wildman–Crippen LogP) is 2.04. The zero-order valence-electron chi connectivity index (χ0n) is 16.3. The second-order valence-corrected chi connectivity index (χ2v) is 7.08. The molecule has 1 aliphatic carbocycles. The first-order valence-electron chi connectivity index (χ1n) is 9.95. The van der Waals surface area contributed by atoms with Crippen LogP contribution in [-0.2, 0) is 36.7 Å². The minimum Gasteiger partial charge on any atom is -0.482 e. The SMILES string of the molecule is CCOC(=O)C1CCCCN1C(=O)COC(=O)COc1ccc2c(c1)CCC2. The lowest BCUT2D eigenvalue weighted by molar-refractivity contribution is -0.161. The summed E-state index contributed by atoms with van der Waals surface area (Å²) in [5.74, 6) is -0.772. The summed E-state index contributed by atoms with van der Waals surface area (Å²) in [4.78, 5) is 37.9. The van der Waals surface area contributed by atoms with Crippen LogP contribution in [0.4, 0.5) is 0 Å². The van der Waals surface area contributed by atoms with Crippen LogP contribution >= 0.6 is 0 Å². The first kappa shape index (κ1) is 20.2. The van der Waals surface area contributed by atoms with Crippen molar-refractivity contribution in [1.29, 1.82) is 0 Å². The third-order valence-corrected chi connectivity index (χ3v) is 5.17. The Bertz CT molecular complexity index is 732. The first-order valence-corrected chi connectivity index (χ1v) is 9.95. The molecule has 152 valence electrons. The topological polar surface area (TPSA) is 82.1 Å². The van der Waals surface area contributed by atoms with Crippen LogP contribution in [0.1, 0.15) is 43.7 Å². The molecule has 1 heterocycles. The highest BCUT2D eigenvalue weighted by atomic mass is 16.6. The number of hydrogen-bond acceptors (Lipinski definition) is 6. The molecule has 0 radical (unpaired) electrons. The monoisotopic (exact) mass is 389 g/mol. The maximum absolute atomic E-state index is 12.4. The molecule has 28 heavy (non-hydrogen) atoms. The quantitative estimate of drug-likeness (QED) is 0.664. The number of amides is 1. The van der Waals surface area contributed by atoms with Crippen molar-refractivity contribution in [3.63, 3.8) is 0 Å². The molecule has 0 aromatic heterocycles. The number of carbonyl (C=O) groups excluding carboxylic acids is 3. The molecule has 7 nitrogen and oxygen atoms in total. The molecule has 0 spiro atoms. The lowest BCUT2D eigenvalue weighted by Gasteiger charge is -2.33. The van der Waals surface area contributed by atoms with Crippen LogP contribution in [-0.4, -0.2) is 55.2 Å². The molecule has 1 amide bonds. The van der Waals surface area contributed by atoms with Gasteiger partial charge in [0.15, 0.2) is 13.2 Å². The van der Waals surface area contributed by atoms with E-state index in [0.717, 1.165) is 32.1 Å². The van der Waals surface area contributed by atoms with E-state index in [0.29, 0.717) is 18.7 Å². The number of benzene rings is 1. The van der Waals surface area contributed by atoms with Gasteiger partial charge in [0.05, 0.1) is 6.61 Å². The van der Waals surface area contributed by atoms with Gasteiger partial charge in [-0.15, -0.1) is 0 Å². The lowest BCUT2D eigenvalue weighted by atomic mass is 10.0. The van der Waals surface area contributed by atoms with Gasteiger partial charge >= 0.3 is 11.9 Å².